The van der Waals surface area contributed by atoms with E-state index in [1.54, 1.807) is 14.2 Å². The number of ether oxygens (including phenoxy) is 2. The van der Waals surface area contributed by atoms with Gasteiger partial charge in [0, 0.05) is 18.7 Å². The number of rotatable bonds is 3. The van der Waals surface area contributed by atoms with Gasteiger partial charge in [-0.3, -0.25) is 0 Å². The number of hydrogen-bond donors (Lipinski definition) is 0. The van der Waals surface area contributed by atoms with Crippen molar-refractivity contribution in [2.75, 3.05) is 14.2 Å². The molecule has 0 saturated carbocycles. The minimum absolute atomic E-state index is 0.255. The quantitative estimate of drug-likeness (QED) is 0.640. The fourth-order valence-corrected chi connectivity index (χ4v) is 0.831. The molecule has 0 unspecified atom stereocenters. The van der Waals surface area contributed by atoms with Gasteiger partial charge in [0.15, 0.2) is 6.29 Å². The lowest BCUT2D eigenvalue weighted by atomic mass is 10.5. The predicted octanol–water partition coefficient (Wildman–Crippen LogP) is 1.90. The van der Waals surface area contributed by atoms with Gasteiger partial charge in [0.05, 0.1) is 0 Å². The molecule has 0 aromatic carbocycles. The first kappa shape index (κ1) is 9.14. The molecule has 0 aliphatic rings. The predicted molar refractivity (Wildman–Crippen MR) is 40.5 cm³/mol. The molecule has 0 fully saturated rings. The maximum atomic E-state index is 4.91. The highest BCUT2D eigenvalue weighted by Crippen LogP contribution is 2.13. The summed E-state index contributed by atoms with van der Waals surface area (Å²) in [4.78, 5) is 0. The largest absolute Gasteiger partial charge is 0.351 e. The van der Waals surface area contributed by atoms with E-state index >= 15 is 0 Å². The smallest absolute Gasteiger partial charge is 0.189 e. The summed E-state index contributed by atoms with van der Waals surface area (Å²) in [6, 6.07) is 0. The molecule has 0 heterocycles. The molecule has 9 heavy (non-hydrogen) atoms. The van der Waals surface area contributed by atoms with Crippen molar-refractivity contribution < 1.29 is 9.47 Å². The summed E-state index contributed by atoms with van der Waals surface area (Å²) < 4.78 is 10.7. The zero-order valence-electron chi connectivity index (χ0n) is 5.85. The molecule has 0 rings (SSSR count). The van der Waals surface area contributed by atoms with Crippen LogP contribution in [0.25, 0.3) is 0 Å². The molecule has 0 N–H and O–H groups in total. The van der Waals surface area contributed by atoms with E-state index in [1.165, 1.54) is 0 Å². The summed E-state index contributed by atoms with van der Waals surface area (Å²) in [5.41, 5.74) is 0. The maximum absolute atomic E-state index is 4.91. The van der Waals surface area contributed by atoms with E-state index in [0.29, 0.717) is 0 Å². The summed E-state index contributed by atoms with van der Waals surface area (Å²) in [7, 11) is 3.19. The second-order valence-electron chi connectivity index (χ2n) is 1.48. The normalized spacial score (nSPS) is 12.8. The third-order valence-corrected chi connectivity index (χ3v) is 1.76. The van der Waals surface area contributed by atoms with Crippen molar-refractivity contribution in [1.82, 2.24) is 0 Å². The number of allylic oxidation sites excluding steroid dienone is 1. The average Bonchev–Trinajstić information content (AvgIpc) is 1.90. The van der Waals surface area contributed by atoms with Crippen molar-refractivity contribution in [3.05, 3.63) is 10.6 Å². The van der Waals surface area contributed by atoms with Crippen molar-refractivity contribution in [3.8, 4) is 0 Å². The summed E-state index contributed by atoms with van der Waals surface area (Å²) in [5.74, 6) is 0. The molecule has 0 radical (unpaired) electrons. The fraction of sp³-hybridized carbons (Fsp3) is 0.667. The molecule has 54 valence electrons. The molecule has 0 saturated heterocycles. The molecule has 0 bridgehead atoms. The molecule has 0 aliphatic heterocycles. The summed E-state index contributed by atoms with van der Waals surface area (Å²) in [6.45, 7) is 1.91. The van der Waals surface area contributed by atoms with E-state index in [4.69, 9.17) is 9.47 Å². The van der Waals surface area contributed by atoms with Crippen LogP contribution >= 0.6 is 15.9 Å². The van der Waals surface area contributed by atoms with E-state index in [1.807, 2.05) is 13.0 Å². The van der Waals surface area contributed by atoms with Gasteiger partial charge in [-0.2, -0.15) is 0 Å². The topological polar surface area (TPSA) is 18.5 Å². The zero-order valence-corrected chi connectivity index (χ0v) is 7.44. The SMILES string of the molecule is C/C=C(\Br)C(OC)OC. The third-order valence-electron chi connectivity index (χ3n) is 0.929. The Kier molecular flexibility index (Phi) is 5.04. The molecule has 0 aliphatic carbocycles. The third kappa shape index (κ3) is 2.98. The first-order chi connectivity index (χ1) is 4.26. The van der Waals surface area contributed by atoms with E-state index in [9.17, 15) is 0 Å². The number of hydrogen-bond acceptors (Lipinski definition) is 2. The van der Waals surface area contributed by atoms with Crippen LogP contribution in [0.1, 0.15) is 6.92 Å². The van der Waals surface area contributed by atoms with Gasteiger partial charge in [-0.1, -0.05) is 22.0 Å². The fourth-order valence-electron chi connectivity index (χ4n) is 0.457. The highest BCUT2D eigenvalue weighted by atomic mass is 79.9. The Labute approximate surface area is 64.0 Å². The van der Waals surface area contributed by atoms with Crippen LogP contribution in [0.2, 0.25) is 0 Å². The lowest BCUT2D eigenvalue weighted by Gasteiger charge is -2.11. The Balaban J connectivity index is 3.79. The average molecular weight is 195 g/mol. The van der Waals surface area contributed by atoms with Crippen LogP contribution < -0.4 is 0 Å². The van der Waals surface area contributed by atoms with Gasteiger partial charge in [0.2, 0.25) is 0 Å². The van der Waals surface area contributed by atoms with Gasteiger partial charge >= 0.3 is 0 Å². The second kappa shape index (κ2) is 4.97. The van der Waals surface area contributed by atoms with Gasteiger partial charge in [-0.05, 0) is 6.92 Å². The van der Waals surface area contributed by atoms with E-state index in [-0.39, 0.29) is 6.29 Å². The van der Waals surface area contributed by atoms with Gasteiger partial charge < -0.3 is 9.47 Å². The molecule has 0 amide bonds. The Morgan fingerprint density at radius 2 is 1.89 bits per heavy atom. The highest BCUT2D eigenvalue weighted by Gasteiger charge is 2.06. The summed E-state index contributed by atoms with van der Waals surface area (Å²) >= 11 is 3.27. The van der Waals surface area contributed by atoms with Crippen LogP contribution in [-0.4, -0.2) is 20.5 Å². The molecule has 0 atom stereocenters. The Morgan fingerprint density at radius 1 is 1.44 bits per heavy atom. The van der Waals surface area contributed by atoms with Crippen LogP contribution in [-0.2, 0) is 9.47 Å². The van der Waals surface area contributed by atoms with E-state index in [2.05, 4.69) is 15.9 Å². The van der Waals surface area contributed by atoms with Crippen LogP contribution in [0.5, 0.6) is 0 Å². The molecular formula is C6H11BrO2. The standard InChI is InChI=1S/C6H11BrO2/c1-4-5(7)6(8-2)9-3/h4,6H,1-3H3/b5-4-. The lowest BCUT2D eigenvalue weighted by Crippen LogP contribution is -2.12. The van der Waals surface area contributed by atoms with Crippen molar-refractivity contribution in [2.24, 2.45) is 0 Å². The van der Waals surface area contributed by atoms with Gasteiger partial charge in [0.1, 0.15) is 0 Å². The Morgan fingerprint density at radius 3 is 2.00 bits per heavy atom. The first-order valence-corrected chi connectivity index (χ1v) is 3.42. The second-order valence-corrected chi connectivity index (χ2v) is 2.39. The van der Waals surface area contributed by atoms with Crippen LogP contribution in [0, 0.1) is 0 Å². The zero-order chi connectivity index (χ0) is 7.28. The first-order valence-electron chi connectivity index (χ1n) is 2.63. The van der Waals surface area contributed by atoms with Crippen molar-refractivity contribution in [2.45, 2.75) is 13.2 Å². The summed E-state index contributed by atoms with van der Waals surface area (Å²) in [6.07, 6.45) is 1.63. The maximum Gasteiger partial charge on any atom is 0.189 e. The Hall–Kier alpha value is 0.140. The summed E-state index contributed by atoms with van der Waals surface area (Å²) in [5, 5.41) is 0. The van der Waals surface area contributed by atoms with Crippen LogP contribution in [0.15, 0.2) is 10.6 Å². The van der Waals surface area contributed by atoms with Gasteiger partial charge in [-0.15, -0.1) is 0 Å². The molecular weight excluding hydrogens is 184 g/mol. The van der Waals surface area contributed by atoms with Crippen molar-refractivity contribution in [1.29, 1.82) is 0 Å². The Bertz CT molecular complexity index is 97.2. The molecule has 2 nitrogen and oxygen atoms in total. The van der Waals surface area contributed by atoms with E-state index in [0.717, 1.165) is 4.48 Å². The molecule has 0 aromatic rings. The highest BCUT2D eigenvalue weighted by molar-refractivity contribution is 9.11. The monoisotopic (exact) mass is 194 g/mol. The van der Waals surface area contributed by atoms with Crippen LogP contribution in [0.4, 0.5) is 0 Å². The minimum Gasteiger partial charge on any atom is -0.351 e. The van der Waals surface area contributed by atoms with Crippen molar-refractivity contribution >= 4 is 15.9 Å². The van der Waals surface area contributed by atoms with Gasteiger partial charge in [-0.25, -0.2) is 0 Å². The van der Waals surface area contributed by atoms with E-state index < -0.39 is 0 Å². The number of halogens is 1. The van der Waals surface area contributed by atoms with Crippen molar-refractivity contribution in [3.63, 3.8) is 0 Å². The molecule has 3 heteroatoms. The lowest BCUT2D eigenvalue weighted by molar-refractivity contribution is -0.0688. The molecule has 0 spiro atoms. The minimum atomic E-state index is -0.255. The number of methoxy groups -OCH3 is 2. The molecule has 0 aromatic heterocycles. The van der Waals surface area contributed by atoms with Gasteiger partial charge in [0.25, 0.3) is 0 Å². The van der Waals surface area contributed by atoms with Crippen LogP contribution in [0.3, 0.4) is 0 Å².